The number of thioether (sulfide) groups is 1. The third-order valence-electron chi connectivity index (χ3n) is 4.16. The summed E-state index contributed by atoms with van der Waals surface area (Å²) in [4.78, 5) is 32.2. The predicted molar refractivity (Wildman–Crippen MR) is 102 cm³/mol. The maximum absolute atomic E-state index is 12.7. The second-order valence-electron chi connectivity index (χ2n) is 5.88. The fraction of sp³-hybridized carbons (Fsp3) is 0.353. The van der Waals surface area contributed by atoms with Crippen molar-refractivity contribution in [2.45, 2.75) is 30.8 Å². The highest BCUT2D eigenvalue weighted by molar-refractivity contribution is 7.99. The molecule has 0 saturated carbocycles. The van der Waals surface area contributed by atoms with Crippen LogP contribution in [0.5, 0.6) is 5.75 Å². The largest absolute Gasteiger partial charge is 0.497 e. The van der Waals surface area contributed by atoms with E-state index in [1.165, 1.54) is 11.8 Å². The Morgan fingerprint density at radius 2 is 2.23 bits per heavy atom. The van der Waals surface area contributed by atoms with Crippen molar-refractivity contribution >= 4 is 29.2 Å². The number of hydrazine groups is 1. The number of hydrogen-bond acceptors (Lipinski definition) is 7. The molecule has 1 atom stereocenters. The molecule has 138 valence electrons. The third kappa shape index (κ3) is 3.54. The number of nitrogens with two attached hydrogens (primary N) is 1. The number of hydrogen-bond donors (Lipinski definition) is 4. The van der Waals surface area contributed by atoms with Crippen LogP contribution >= 0.6 is 11.8 Å². The van der Waals surface area contributed by atoms with Crippen molar-refractivity contribution in [1.82, 2.24) is 9.97 Å². The molecular weight excluding hydrogens is 354 g/mol. The molecule has 0 fully saturated rings. The molecule has 0 aliphatic carbocycles. The van der Waals surface area contributed by atoms with E-state index in [9.17, 15) is 9.59 Å². The lowest BCUT2D eigenvalue weighted by Crippen LogP contribution is -2.31. The summed E-state index contributed by atoms with van der Waals surface area (Å²) < 4.78 is 5.21. The summed E-state index contributed by atoms with van der Waals surface area (Å²) in [6.07, 6.45) is 1.10. The van der Waals surface area contributed by atoms with Crippen molar-refractivity contribution < 1.29 is 9.53 Å². The van der Waals surface area contributed by atoms with E-state index in [2.05, 4.69) is 20.7 Å². The minimum Gasteiger partial charge on any atom is -0.497 e. The van der Waals surface area contributed by atoms with E-state index in [-0.39, 0.29) is 17.9 Å². The summed E-state index contributed by atoms with van der Waals surface area (Å²) in [5, 5.41) is 3.22. The van der Waals surface area contributed by atoms with Crippen LogP contribution in [0.1, 0.15) is 36.8 Å². The Bertz CT molecular complexity index is 883. The second-order valence-corrected chi connectivity index (χ2v) is 6.97. The van der Waals surface area contributed by atoms with E-state index in [4.69, 9.17) is 10.6 Å². The van der Waals surface area contributed by atoms with Crippen LogP contribution in [0.3, 0.4) is 0 Å². The van der Waals surface area contributed by atoms with Gasteiger partial charge >= 0.3 is 0 Å². The minimum atomic E-state index is -0.447. The number of H-pyrrole nitrogens is 1. The van der Waals surface area contributed by atoms with Gasteiger partial charge in [0.15, 0.2) is 5.16 Å². The van der Waals surface area contributed by atoms with Crippen molar-refractivity contribution in [3.63, 3.8) is 0 Å². The molecule has 1 aliphatic heterocycles. The Labute approximate surface area is 154 Å². The highest BCUT2D eigenvalue weighted by Crippen LogP contribution is 2.38. The molecule has 9 heteroatoms. The number of ether oxygens (including phenoxy) is 1. The Morgan fingerprint density at radius 3 is 2.92 bits per heavy atom. The van der Waals surface area contributed by atoms with Crippen LogP contribution in [-0.2, 0) is 4.79 Å². The van der Waals surface area contributed by atoms with Crippen molar-refractivity contribution in [3.05, 3.63) is 39.7 Å². The van der Waals surface area contributed by atoms with E-state index in [1.54, 1.807) is 25.3 Å². The number of carbonyl (C=O) groups is 1. The van der Waals surface area contributed by atoms with Gasteiger partial charge in [-0.3, -0.25) is 15.4 Å². The average molecular weight is 375 g/mol. The minimum absolute atomic E-state index is 0.139. The number of aromatic nitrogens is 2. The first-order chi connectivity index (χ1) is 12.6. The number of carbonyl (C=O) groups excluding carboxylic acids is 1. The quantitative estimate of drug-likeness (QED) is 0.264. The van der Waals surface area contributed by atoms with Gasteiger partial charge in [-0.05, 0) is 18.1 Å². The summed E-state index contributed by atoms with van der Waals surface area (Å²) in [7, 11) is 1.56. The Balaban J connectivity index is 2.09. The van der Waals surface area contributed by atoms with Crippen molar-refractivity contribution in [2.24, 2.45) is 5.84 Å². The molecule has 1 aliphatic rings. The first-order valence-electron chi connectivity index (χ1n) is 8.28. The van der Waals surface area contributed by atoms with Gasteiger partial charge in [-0.2, -0.15) is 0 Å². The standard InChI is InChI=1S/C17H21N5O3S/c1-3-6-26-17-20-15-14(16(24)21-17)11(8-13(23)19-15)10-5-4-9(25-2)7-12(10)22-18/h4-5,7,11,22H,3,6,8,18H2,1-2H3,(H2,19,20,21,23,24). The average Bonchev–Trinajstić information content (AvgIpc) is 2.64. The molecule has 5 N–H and O–H groups in total. The molecular formula is C17H21N5O3S. The summed E-state index contributed by atoms with van der Waals surface area (Å²) in [6, 6.07) is 5.31. The summed E-state index contributed by atoms with van der Waals surface area (Å²) in [5.41, 5.74) is 4.15. The van der Waals surface area contributed by atoms with E-state index in [0.717, 1.165) is 17.7 Å². The zero-order chi connectivity index (χ0) is 18.7. The number of nitrogen functional groups attached to an aromatic ring is 1. The number of amides is 1. The van der Waals surface area contributed by atoms with Crippen LogP contribution in [0.25, 0.3) is 0 Å². The number of nitrogens with one attached hydrogen (secondary N) is 3. The first-order valence-corrected chi connectivity index (χ1v) is 9.27. The van der Waals surface area contributed by atoms with Crippen LogP contribution in [0, 0.1) is 0 Å². The number of benzene rings is 1. The molecule has 0 saturated heterocycles. The monoisotopic (exact) mass is 375 g/mol. The van der Waals surface area contributed by atoms with E-state index in [1.807, 2.05) is 6.92 Å². The zero-order valence-electron chi connectivity index (χ0n) is 14.6. The molecule has 8 nitrogen and oxygen atoms in total. The number of aromatic amines is 1. The van der Waals surface area contributed by atoms with Gasteiger partial charge in [-0.15, -0.1) is 0 Å². The van der Waals surface area contributed by atoms with Gasteiger partial charge < -0.3 is 20.5 Å². The van der Waals surface area contributed by atoms with E-state index in [0.29, 0.717) is 28.0 Å². The fourth-order valence-electron chi connectivity index (χ4n) is 2.97. The lowest BCUT2D eigenvalue weighted by Gasteiger charge is -2.26. The molecule has 1 aromatic carbocycles. The summed E-state index contributed by atoms with van der Waals surface area (Å²) >= 11 is 1.45. The molecule has 0 bridgehead atoms. The predicted octanol–water partition coefficient (Wildman–Crippen LogP) is 2.04. The maximum atomic E-state index is 12.7. The number of nitrogens with zero attached hydrogens (tertiary/aromatic N) is 1. The first kappa shape index (κ1) is 18.3. The zero-order valence-corrected chi connectivity index (χ0v) is 15.4. The topological polar surface area (TPSA) is 122 Å². The second kappa shape index (κ2) is 7.79. The highest BCUT2D eigenvalue weighted by Gasteiger charge is 2.32. The maximum Gasteiger partial charge on any atom is 0.257 e. The molecule has 26 heavy (non-hydrogen) atoms. The van der Waals surface area contributed by atoms with Gasteiger partial charge in [-0.1, -0.05) is 24.8 Å². The fourth-order valence-corrected chi connectivity index (χ4v) is 3.69. The molecule has 0 spiro atoms. The molecule has 1 amide bonds. The molecule has 1 aromatic heterocycles. The van der Waals surface area contributed by atoms with Crippen LogP contribution in [0.4, 0.5) is 11.5 Å². The van der Waals surface area contributed by atoms with Gasteiger partial charge in [0.2, 0.25) is 5.91 Å². The van der Waals surface area contributed by atoms with Crippen molar-refractivity contribution in [3.8, 4) is 5.75 Å². The highest BCUT2D eigenvalue weighted by atomic mass is 32.2. The smallest absolute Gasteiger partial charge is 0.257 e. The molecule has 2 heterocycles. The molecule has 3 rings (SSSR count). The van der Waals surface area contributed by atoms with Crippen LogP contribution in [0.2, 0.25) is 0 Å². The number of rotatable bonds is 6. The summed E-state index contributed by atoms with van der Waals surface area (Å²) in [5.74, 6) is 6.78. The SMILES string of the molecule is CCCSc1nc2c(c(=O)[nH]1)C(c1ccc(OC)cc1NN)CC(=O)N2. The van der Waals surface area contributed by atoms with Crippen molar-refractivity contribution in [1.29, 1.82) is 0 Å². The Hall–Kier alpha value is -2.52. The van der Waals surface area contributed by atoms with Crippen molar-refractivity contribution in [2.75, 3.05) is 23.6 Å². The van der Waals surface area contributed by atoms with Gasteiger partial charge in [0.05, 0.1) is 18.4 Å². The van der Waals surface area contributed by atoms with Gasteiger partial charge in [-0.25, -0.2) is 4.98 Å². The van der Waals surface area contributed by atoms with Crippen LogP contribution in [-0.4, -0.2) is 28.7 Å². The molecule has 1 unspecified atom stereocenters. The Kier molecular flexibility index (Phi) is 5.48. The number of anilines is 2. The lowest BCUT2D eigenvalue weighted by atomic mass is 9.86. The van der Waals surface area contributed by atoms with Gasteiger partial charge in [0.1, 0.15) is 11.6 Å². The third-order valence-corrected chi connectivity index (χ3v) is 5.24. The van der Waals surface area contributed by atoms with Crippen LogP contribution < -0.4 is 26.9 Å². The van der Waals surface area contributed by atoms with E-state index >= 15 is 0 Å². The van der Waals surface area contributed by atoms with Crippen LogP contribution in [0.15, 0.2) is 28.2 Å². The number of methoxy groups -OCH3 is 1. The Morgan fingerprint density at radius 1 is 1.42 bits per heavy atom. The van der Waals surface area contributed by atoms with E-state index < -0.39 is 5.92 Å². The van der Waals surface area contributed by atoms with Gasteiger partial charge in [0, 0.05) is 24.2 Å². The lowest BCUT2D eigenvalue weighted by molar-refractivity contribution is -0.116. The normalized spacial score (nSPS) is 16.0. The molecule has 0 radical (unpaired) electrons. The summed E-state index contributed by atoms with van der Waals surface area (Å²) in [6.45, 7) is 2.05. The van der Waals surface area contributed by atoms with Gasteiger partial charge in [0.25, 0.3) is 5.56 Å². The number of fused-ring (bicyclic) bond motifs is 1. The molecule has 2 aromatic rings.